The molecule has 1 aromatic carbocycles. The fourth-order valence-corrected chi connectivity index (χ4v) is 1.26. The van der Waals surface area contributed by atoms with Gasteiger partial charge in [-0.05, 0) is 12.1 Å². The van der Waals surface area contributed by atoms with E-state index in [0.29, 0.717) is 5.75 Å². The summed E-state index contributed by atoms with van der Waals surface area (Å²) in [5.41, 5.74) is 0.189. The van der Waals surface area contributed by atoms with E-state index in [9.17, 15) is 18.0 Å². The van der Waals surface area contributed by atoms with Crippen LogP contribution in [0.15, 0.2) is 24.3 Å². The third kappa shape index (κ3) is 3.56. The number of ether oxygens (including phenoxy) is 1. The molecule has 0 aliphatic heterocycles. The Morgan fingerprint density at radius 3 is 2.50 bits per heavy atom. The van der Waals surface area contributed by atoms with Crippen molar-refractivity contribution in [2.45, 2.75) is 19.0 Å². The van der Waals surface area contributed by atoms with E-state index in [-0.39, 0.29) is 5.56 Å². The van der Waals surface area contributed by atoms with Crippen molar-refractivity contribution in [2.24, 2.45) is 0 Å². The first-order valence-corrected chi connectivity index (χ1v) is 4.67. The minimum Gasteiger partial charge on any atom is -0.496 e. The predicted molar refractivity (Wildman–Crippen MR) is 52.6 cm³/mol. The van der Waals surface area contributed by atoms with Crippen LogP contribution in [0.1, 0.15) is 23.2 Å². The summed E-state index contributed by atoms with van der Waals surface area (Å²) in [6.45, 7) is 0. The molecule has 88 valence electrons. The topological polar surface area (TPSA) is 26.3 Å². The third-order valence-corrected chi connectivity index (χ3v) is 2.04. The van der Waals surface area contributed by atoms with Gasteiger partial charge < -0.3 is 4.74 Å². The van der Waals surface area contributed by atoms with Crippen LogP contribution in [-0.2, 0) is 0 Å². The summed E-state index contributed by atoms with van der Waals surface area (Å²) in [5.74, 6) is -0.260. The van der Waals surface area contributed by atoms with Crippen molar-refractivity contribution in [1.82, 2.24) is 0 Å². The monoisotopic (exact) mass is 232 g/mol. The zero-order valence-electron chi connectivity index (χ0n) is 8.67. The number of halogens is 3. The van der Waals surface area contributed by atoms with Crippen LogP contribution in [-0.4, -0.2) is 19.1 Å². The Balaban J connectivity index is 2.73. The molecule has 0 aliphatic carbocycles. The van der Waals surface area contributed by atoms with Gasteiger partial charge in [0.15, 0.2) is 5.78 Å². The van der Waals surface area contributed by atoms with Gasteiger partial charge in [0, 0.05) is 6.42 Å². The van der Waals surface area contributed by atoms with Crippen LogP contribution in [0.25, 0.3) is 0 Å². The van der Waals surface area contributed by atoms with Crippen LogP contribution in [0, 0.1) is 0 Å². The number of carbonyl (C=O) groups is 1. The highest BCUT2D eigenvalue weighted by atomic mass is 19.4. The Morgan fingerprint density at radius 2 is 1.94 bits per heavy atom. The summed E-state index contributed by atoms with van der Waals surface area (Å²) in [5, 5.41) is 0. The van der Waals surface area contributed by atoms with Gasteiger partial charge in [-0.15, -0.1) is 0 Å². The van der Waals surface area contributed by atoms with E-state index >= 15 is 0 Å². The fourth-order valence-electron chi connectivity index (χ4n) is 1.26. The second-order valence-electron chi connectivity index (χ2n) is 3.24. The van der Waals surface area contributed by atoms with Gasteiger partial charge >= 0.3 is 6.18 Å². The summed E-state index contributed by atoms with van der Waals surface area (Å²) in [7, 11) is 1.37. The number of hydrogen-bond donors (Lipinski definition) is 0. The average molecular weight is 232 g/mol. The number of para-hydroxylation sites is 1. The van der Waals surface area contributed by atoms with Crippen LogP contribution in [0.3, 0.4) is 0 Å². The lowest BCUT2D eigenvalue weighted by Gasteiger charge is -2.08. The molecule has 0 amide bonds. The van der Waals surface area contributed by atoms with Crippen molar-refractivity contribution in [3.8, 4) is 5.75 Å². The highest BCUT2D eigenvalue weighted by Gasteiger charge is 2.28. The van der Waals surface area contributed by atoms with E-state index < -0.39 is 24.8 Å². The number of carbonyl (C=O) groups excluding carboxylic acids is 1. The Morgan fingerprint density at radius 1 is 1.31 bits per heavy atom. The van der Waals surface area contributed by atoms with Crippen molar-refractivity contribution in [3.05, 3.63) is 29.8 Å². The Kier molecular flexibility index (Phi) is 3.93. The number of alkyl halides is 3. The highest BCUT2D eigenvalue weighted by Crippen LogP contribution is 2.25. The number of rotatable bonds is 4. The number of Topliss-reactive ketones (excluding diaryl/α,β-unsaturated/α-hetero) is 1. The molecule has 5 heteroatoms. The standard InChI is InChI=1S/C11H11F3O2/c1-16-10-5-3-2-4-8(10)9(15)6-7-11(12,13)14/h2-5H,6-7H2,1H3. The Bertz CT molecular complexity index is 372. The van der Waals surface area contributed by atoms with Crippen molar-refractivity contribution >= 4 is 5.78 Å². The maximum Gasteiger partial charge on any atom is 0.389 e. The Hall–Kier alpha value is -1.52. The van der Waals surface area contributed by atoms with E-state index in [1.165, 1.54) is 13.2 Å². The first-order chi connectivity index (χ1) is 7.44. The van der Waals surface area contributed by atoms with Gasteiger partial charge in [0.25, 0.3) is 0 Å². The van der Waals surface area contributed by atoms with Crippen molar-refractivity contribution in [1.29, 1.82) is 0 Å². The molecule has 0 saturated heterocycles. The van der Waals surface area contributed by atoms with E-state index in [0.717, 1.165) is 0 Å². The normalized spacial score (nSPS) is 11.2. The molecule has 1 aromatic rings. The largest absolute Gasteiger partial charge is 0.496 e. The SMILES string of the molecule is COc1ccccc1C(=O)CCC(F)(F)F. The second kappa shape index (κ2) is 5.01. The molecule has 16 heavy (non-hydrogen) atoms. The average Bonchev–Trinajstić information content (AvgIpc) is 2.25. The van der Waals surface area contributed by atoms with Crippen LogP contribution in [0.4, 0.5) is 13.2 Å². The maximum atomic E-state index is 11.9. The lowest BCUT2D eigenvalue weighted by molar-refractivity contribution is -0.133. The molecule has 0 bridgehead atoms. The zero-order valence-corrected chi connectivity index (χ0v) is 8.67. The molecule has 0 N–H and O–H groups in total. The minimum atomic E-state index is -4.31. The molecule has 2 nitrogen and oxygen atoms in total. The molecule has 0 unspecified atom stereocenters. The lowest BCUT2D eigenvalue weighted by atomic mass is 10.1. The van der Waals surface area contributed by atoms with Gasteiger partial charge in [0.2, 0.25) is 0 Å². The summed E-state index contributed by atoms with van der Waals surface area (Å²) in [4.78, 5) is 11.5. The van der Waals surface area contributed by atoms with Crippen molar-refractivity contribution < 1.29 is 22.7 Å². The number of ketones is 1. The predicted octanol–water partition coefficient (Wildman–Crippen LogP) is 3.22. The first-order valence-electron chi connectivity index (χ1n) is 4.67. The number of benzene rings is 1. The second-order valence-corrected chi connectivity index (χ2v) is 3.24. The summed E-state index contributed by atoms with van der Waals surface area (Å²) >= 11 is 0. The Labute approximate surface area is 91.0 Å². The molecule has 0 heterocycles. The maximum absolute atomic E-state index is 11.9. The molecule has 0 spiro atoms. The molecule has 0 aliphatic rings. The van der Waals surface area contributed by atoms with Gasteiger partial charge in [-0.1, -0.05) is 12.1 Å². The highest BCUT2D eigenvalue weighted by molar-refractivity contribution is 5.98. The van der Waals surface area contributed by atoms with Gasteiger partial charge in [-0.2, -0.15) is 13.2 Å². The van der Waals surface area contributed by atoms with Crippen molar-refractivity contribution in [2.75, 3.05) is 7.11 Å². The van der Waals surface area contributed by atoms with Crippen LogP contribution < -0.4 is 4.74 Å². The lowest BCUT2D eigenvalue weighted by Crippen LogP contribution is -2.11. The van der Waals surface area contributed by atoms with Crippen LogP contribution >= 0.6 is 0 Å². The number of methoxy groups -OCH3 is 1. The van der Waals surface area contributed by atoms with E-state index in [2.05, 4.69) is 0 Å². The van der Waals surface area contributed by atoms with Crippen molar-refractivity contribution in [3.63, 3.8) is 0 Å². The van der Waals surface area contributed by atoms with Gasteiger partial charge in [-0.3, -0.25) is 4.79 Å². The molecule has 1 rings (SSSR count). The van der Waals surface area contributed by atoms with E-state index in [1.807, 2.05) is 0 Å². The van der Waals surface area contributed by atoms with E-state index in [1.54, 1.807) is 18.2 Å². The molecular formula is C11H11F3O2. The molecule has 0 radical (unpaired) electrons. The van der Waals surface area contributed by atoms with Crippen LogP contribution in [0.5, 0.6) is 5.75 Å². The fraction of sp³-hybridized carbons (Fsp3) is 0.364. The molecule has 0 fully saturated rings. The summed E-state index contributed by atoms with van der Waals surface area (Å²) in [6, 6.07) is 6.24. The zero-order chi connectivity index (χ0) is 12.2. The first kappa shape index (κ1) is 12.5. The summed E-state index contributed by atoms with van der Waals surface area (Å²) < 4.78 is 40.7. The van der Waals surface area contributed by atoms with Gasteiger partial charge in [-0.25, -0.2) is 0 Å². The van der Waals surface area contributed by atoms with E-state index in [4.69, 9.17) is 4.74 Å². The number of hydrogen-bond acceptors (Lipinski definition) is 2. The van der Waals surface area contributed by atoms with Gasteiger partial charge in [0.05, 0.1) is 19.1 Å². The van der Waals surface area contributed by atoms with Crippen LogP contribution in [0.2, 0.25) is 0 Å². The molecule has 0 aromatic heterocycles. The van der Waals surface area contributed by atoms with Gasteiger partial charge in [0.1, 0.15) is 5.75 Å². The smallest absolute Gasteiger partial charge is 0.389 e. The molecule has 0 atom stereocenters. The minimum absolute atomic E-state index is 0.189. The molecular weight excluding hydrogens is 221 g/mol. The summed E-state index contributed by atoms with van der Waals surface area (Å²) in [6.07, 6.45) is -5.97. The quantitative estimate of drug-likeness (QED) is 0.745. The third-order valence-electron chi connectivity index (χ3n) is 2.04. The molecule has 0 saturated carbocycles.